The molecule has 1 unspecified atom stereocenters. The van der Waals surface area contributed by atoms with Gasteiger partial charge < -0.3 is 10.2 Å². The van der Waals surface area contributed by atoms with Gasteiger partial charge in [0, 0.05) is 25.6 Å². The van der Waals surface area contributed by atoms with Gasteiger partial charge in [0.15, 0.2) is 0 Å². The molecule has 0 bridgehead atoms. The van der Waals surface area contributed by atoms with Gasteiger partial charge in [-0.25, -0.2) is 4.98 Å². The van der Waals surface area contributed by atoms with Crippen LogP contribution in [0.15, 0.2) is 59.7 Å². The molecule has 0 aliphatic carbocycles. The third-order valence-electron chi connectivity index (χ3n) is 5.21. The van der Waals surface area contributed by atoms with Gasteiger partial charge >= 0.3 is 0 Å². The van der Waals surface area contributed by atoms with E-state index in [1.807, 2.05) is 51.4 Å². The summed E-state index contributed by atoms with van der Waals surface area (Å²) in [5.74, 6) is -0.0684. The Morgan fingerprint density at radius 3 is 2.62 bits per heavy atom. The molecule has 0 saturated carbocycles. The second-order valence-corrected chi connectivity index (χ2v) is 7.58. The number of nitrogens with zero attached hydrogens (tertiary/aromatic N) is 3. The number of amides is 1. The standard InChI is InChI=1S/C23H28N4O2/c1-17-8-7-11-20-22(17)25-16-27(23(20)29)13-12-21(28)24-15-19(26(2)3)14-18-9-5-4-6-10-18/h4-11,16,19H,12-15H2,1-3H3,(H,24,28). The summed E-state index contributed by atoms with van der Waals surface area (Å²) in [5, 5.41) is 3.59. The number of rotatable bonds is 8. The highest BCUT2D eigenvalue weighted by Gasteiger charge is 2.14. The predicted molar refractivity (Wildman–Crippen MR) is 116 cm³/mol. The molecule has 6 nitrogen and oxygen atoms in total. The van der Waals surface area contributed by atoms with Crippen LogP contribution in [0.1, 0.15) is 17.5 Å². The van der Waals surface area contributed by atoms with Crippen molar-refractivity contribution in [1.82, 2.24) is 19.8 Å². The Hall–Kier alpha value is -2.99. The Bertz CT molecular complexity index is 1030. The highest BCUT2D eigenvalue weighted by Crippen LogP contribution is 2.11. The molecule has 0 radical (unpaired) electrons. The van der Waals surface area contributed by atoms with Crippen molar-refractivity contribution in [3.05, 3.63) is 76.3 Å². The number of aromatic nitrogens is 2. The van der Waals surface area contributed by atoms with Crippen LogP contribution in [0.5, 0.6) is 0 Å². The fraction of sp³-hybridized carbons (Fsp3) is 0.348. The fourth-order valence-electron chi connectivity index (χ4n) is 3.36. The Morgan fingerprint density at radius 1 is 1.14 bits per heavy atom. The van der Waals surface area contributed by atoms with Crippen LogP contribution < -0.4 is 10.9 Å². The van der Waals surface area contributed by atoms with Gasteiger partial charge in [-0.05, 0) is 44.6 Å². The van der Waals surface area contributed by atoms with E-state index in [4.69, 9.17) is 0 Å². The zero-order valence-corrected chi connectivity index (χ0v) is 17.3. The molecule has 3 aromatic rings. The quantitative estimate of drug-likeness (QED) is 0.639. The van der Waals surface area contributed by atoms with Crippen molar-refractivity contribution in [3.63, 3.8) is 0 Å². The molecule has 152 valence electrons. The zero-order valence-electron chi connectivity index (χ0n) is 17.3. The van der Waals surface area contributed by atoms with Gasteiger partial charge in [-0.1, -0.05) is 42.5 Å². The summed E-state index contributed by atoms with van der Waals surface area (Å²) in [6.45, 7) is 2.81. The van der Waals surface area contributed by atoms with Gasteiger partial charge in [-0.2, -0.15) is 0 Å². The summed E-state index contributed by atoms with van der Waals surface area (Å²) in [6, 6.07) is 16.0. The molecule has 3 rings (SSSR count). The number of hydrogen-bond donors (Lipinski definition) is 1. The molecule has 0 spiro atoms. The van der Waals surface area contributed by atoms with E-state index in [9.17, 15) is 9.59 Å². The number of carbonyl (C=O) groups excluding carboxylic acids is 1. The lowest BCUT2D eigenvalue weighted by molar-refractivity contribution is -0.121. The number of nitrogens with one attached hydrogen (secondary N) is 1. The number of para-hydroxylation sites is 1. The van der Waals surface area contributed by atoms with E-state index in [0.717, 1.165) is 12.0 Å². The van der Waals surface area contributed by atoms with Crippen LogP contribution in [0.3, 0.4) is 0 Å². The van der Waals surface area contributed by atoms with E-state index in [1.165, 1.54) is 16.5 Å². The van der Waals surface area contributed by atoms with Crippen LogP contribution in [0.4, 0.5) is 0 Å². The Balaban J connectivity index is 1.57. The fourth-order valence-corrected chi connectivity index (χ4v) is 3.36. The van der Waals surface area contributed by atoms with Gasteiger partial charge in [-0.15, -0.1) is 0 Å². The second kappa shape index (κ2) is 9.47. The van der Waals surface area contributed by atoms with Gasteiger partial charge in [0.05, 0.1) is 17.2 Å². The van der Waals surface area contributed by atoms with Crippen molar-refractivity contribution < 1.29 is 4.79 Å². The first-order valence-electron chi connectivity index (χ1n) is 9.87. The van der Waals surface area contributed by atoms with E-state index in [-0.39, 0.29) is 23.9 Å². The van der Waals surface area contributed by atoms with Crippen LogP contribution in [0, 0.1) is 6.92 Å². The number of fused-ring (bicyclic) bond motifs is 1. The van der Waals surface area contributed by atoms with Gasteiger partial charge in [0.25, 0.3) is 5.56 Å². The van der Waals surface area contributed by atoms with Gasteiger partial charge in [0.2, 0.25) is 5.91 Å². The number of hydrogen-bond acceptors (Lipinski definition) is 4. The molecule has 1 atom stereocenters. The average molecular weight is 393 g/mol. The molecule has 1 heterocycles. The van der Waals surface area contributed by atoms with Crippen LogP contribution in [0.2, 0.25) is 0 Å². The largest absolute Gasteiger partial charge is 0.354 e. The van der Waals surface area contributed by atoms with Crippen molar-refractivity contribution in [2.75, 3.05) is 20.6 Å². The lowest BCUT2D eigenvalue weighted by Crippen LogP contribution is -2.42. The SMILES string of the molecule is Cc1cccc2c(=O)n(CCC(=O)NCC(Cc3ccccc3)N(C)C)cnc12. The van der Waals surface area contributed by atoms with Crippen LogP contribution >= 0.6 is 0 Å². The summed E-state index contributed by atoms with van der Waals surface area (Å²) in [5.41, 5.74) is 2.82. The maximum atomic E-state index is 12.6. The average Bonchev–Trinajstić information content (AvgIpc) is 2.71. The summed E-state index contributed by atoms with van der Waals surface area (Å²) in [6.07, 6.45) is 2.63. The summed E-state index contributed by atoms with van der Waals surface area (Å²) in [4.78, 5) is 31.5. The maximum Gasteiger partial charge on any atom is 0.261 e. The van der Waals surface area contributed by atoms with E-state index in [2.05, 4.69) is 27.3 Å². The lowest BCUT2D eigenvalue weighted by atomic mass is 10.1. The highest BCUT2D eigenvalue weighted by atomic mass is 16.1. The smallest absolute Gasteiger partial charge is 0.261 e. The molecule has 29 heavy (non-hydrogen) atoms. The van der Waals surface area contributed by atoms with Crippen LogP contribution in [-0.4, -0.2) is 47.0 Å². The third kappa shape index (κ3) is 5.29. The van der Waals surface area contributed by atoms with E-state index in [1.54, 1.807) is 6.07 Å². The molecule has 1 aromatic heterocycles. The zero-order chi connectivity index (χ0) is 20.8. The number of benzene rings is 2. The number of likely N-dealkylation sites (N-methyl/N-ethyl adjacent to an activating group) is 1. The van der Waals surface area contributed by atoms with E-state index in [0.29, 0.717) is 24.0 Å². The molecular formula is C23H28N4O2. The molecule has 2 aromatic carbocycles. The maximum absolute atomic E-state index is 12.6. The predicted octanol–water partition coefficient (Wildman–Crippen LogP) is 2.38. The van der Waals surface area contributed by atoms with Crippen molar-refractivity contribution in [2.45, 2.75) is 32.4 Å². The molecular weight excluding hydrogens is 364 g/mol. The van der Waals surface area contributed by atoms with E-state index < -0.39 is 0 Å². The first-order valence-corrected chi connectivity index (χ1v) is 9.87. The van der Waals surface area contributed by atoms with Crippen LogP contribution in [0.25, 0.3) is 10.9 Å². The van der Waals surface area contributed by atoms with Crippen molar-refractivity contribution in [2.24, 2.45) is 0 Å². The Morgan fingerprint density at radius 2 is 1.90 bits per heavy atom. The molecule has 0 saturated heterocycles. The van der Waals surface area contributed by atoms with Gasteiger partial charge in [-0.3, -0.25) is 14.2 Å². The van der Waals surface area contributed by atoms with Gasteiger partial charge in [0.1, 0.15) is 0 Å². The van der Waals surface area contributed by atoms with Crippen molar-refractivity contribution in [3.8, 4) is 0 Å². The normalized spacial score (nSPS) is 12.3. The minimum Gasteiger partial charge on any atom is -0.354 e. The second-order valence-electron chi connectivity index (χ2n) is 7.58. The first kappa shape index (κ1) is 20.7. The topological polar surface area (TPSA) is 67.2 Å². The van der Waals surface area contributed by atoms with E-state index >= 15 is 0 Å². The molecule has 1 amide bonds. The van der Waals surface area contributed by atoms with Crippen molar-refractivity contribution in [1.29, 1.82) is 0 Å². The molecule has 1 N–H and O–H groups in total. The summed E-state index contributed by atoms with van der Waals surface area (Å²) >= 11 is 0. The summed E-state index contributed by atoms with van der Waals surface area (Å²) in [7, 11) is 4.03. The minimum atomic E-state index is -0.109. The first-order chi connectivity index (χ1) is 14.0. The molecule has 6 heteroatoms. The molecule has 0 aliphatic rings. The molecule has 0 fully saturated rings. The third-order valence-corrected chi connectivity index (χ3v) is 5.21. The highest BCUT2D eigenvalue weighted by molar-refractivity contribution is 5.80. The molecule has 0 aliphatic heterocycles. The number of aryl methyl sites for hydroxylation is 2. The minimum absolute atomic E-state index is 0.0684. The lowest BCUT2D eigenvalue weighted by Gasteiger charge is -2.24. The monoisotopic (exact) mass is 392 g/mol. The number of carbonyl (C=O) groups is 1. The Kier molecular flexibility index (Phi) is 6.77. The van der Waals surface area contributed by atoms with Crippen molar-refractivity contribution >= 4 is 16.8 Å². The summed E-state index contributed by atoms with van der Waals surface area (Å²) < 4.78 is 1.51. The Labute approximate surface area is 171 Å². The van der Waals surface area contributed by atoms with Crippen LogP contribution in [-0.2, 0) is 17.8 Å².